The molecule has 11 heavy (non-hydrogen) atoms. The second-order valence-electron chi connectivity index (χ2n) is 3.14. The van der Waals surface area contributed by atoms with Gasteiger partial charge in [-0.3, -0.25) is 0 Å². The average molecular weight is 170 g/mol. The van der Waals surface area contributed by atoms with E-state index in [9.17, 15) is 10.2 Å². The van der Waals surface area contributed by atoms with Crippen molar-refractivity contribution in [1.29, 1.82) is 0 Å². The molecule has 1 rings (SSSR count). The molecule has 0 aromatic heterocycles. The highest BCUT2D eigenvalue weighted by molar-refractivity contribution is 6.64. The Morgan fingerprint density at radius 2 is 2.00 bits per heavy atom. The van der Waals surface area contributed by atoms with Gasteiger partial charge in [-0.1, -0.05) is 36.5 Å². The van der Waals surface area contributed by atoms with E-state index in [2.05, 4.69) is 13.1 Å². The molecule has 3 heteroatoms. The monoisotopic (exact) mass is 170 g/mol. The van der Waals surface area contributed by atoms with Gasteiger partial charge >= 0.3 is 0 Å². The molecular weight excluding hydrogens is 156 g/mol. The van der Waals surface area contributed by atoms with Crippen molar-refractivity contribution in [2.75, 3.05) is 0 Å². The molecule has 0 bridgehead atoms. The fraction of sp³-hybridized carbons (Fsp3) is 0.500. The quantitative estimate of drug-likeness (QED) is 0.553. The van der Waals surface area contributed by atoms with Gasteiger partial charge in [0.1, 0.15) is 12.2 Å². The van der Waals surface area contributed by atoms with Crippen LogP contribution in [0.1, 0.15) is 0 Å². The number of aliphatic hydroxyl groups is 2. The Labute approximate surface area is 68.5 Å². The molecule has 0 radical (unpaired) electrons. The van der Waals surface area contributed by atoms with Crippen molar-refractivity contribution in [2.45, 2.75) is 25.3 Å². The number of allylic oxidation sites excluding steroid dienone is 2. The third-order valence-electron chi connectivity index (χ3n) is 1.93. The van der Waals surface area contributed by atoms with Crippen LogP contribution in [0, 0.1) is 0 Å². The molecule has 0 amide bonds. The summed E-state index contributed by atoms with van der Waals surface area (Å²) in [6, 6.07) is 0. The second kappa shape index (κ2) is 3.34. The first kappa shape index (κ1) is 8.71. The number of hydrogen-bond acceptors (Lipinski definition) is 2. The molecule has 2 unspecified atom stereocenters. The predicted molar refractivity (Wildman–Crippen MR) is 48.1 cm³/mol. The molecule has 62 valence electrons. The molecule has 0 aliphatic heterocycles. The lowest BCUT2D eigenvalue weighted by molar-refractivity contribution is 0.0758. The highest BCUT2D eigenvalue weighted by Crippen LogP contribution is 2.16. The van der Waals surface area contributed by atoms with Crippen LogP contribution in [0.2, 0.25) is 13.1 Å². The van der Waals surface area contributed by atoms with E-state index in [4.69, 9.17) is 0 Å². The minimum atomic E-state index is -0.948. The van der Waals surface area contributed by atoms with Crippen LogP contribution in [-0.4, -0.2) is 31.2 Å². The molecule has 0 aromatic rings. The van der Waals surface area contributed by atoms with E-state index in [1.54, 1.807) is 6.08 Å². The van der Waals surface area contributed by atoms with E-state index in [-0.39, 0.29) is 0 Å². The van der Waals surface area contributed by atoms with Gasteiger partial charge in [0.15, 0.2) is 0 Å². The summed E-state index contributed by atoms with van der Waals surface area (Å²) in [4.78, 5) is 0. The molecule has 0 saturated carbocycles. The molecule has 2 atom stereocenters. The van der Waals surface area contributed by atoms with Gasteiger partial charge in [0.05, 0.1) is 8.80 Å². The Morgan fingerprint density at radius 3 is 2.45 bits per heavy atom. The van der Waals surface area contributed by atoms with Crippen molar-refractivity contribution >= 4 is 8.80 Å². The number of hydrogen-bond donors (Lipinski definition) is 2. The van der Waals surface area contributed by atoms with Crippen LogP contribution in [0.5, 0.6) is 0 Å². The lowest BCUT2D eigenvalue weighted by Gasteiger charge is -2.23. The molecule has 0 heterocycles. The van der Waals surface area contributed by atoms with E-state index in [1.165, 1.54) is 0 Å². The summed E-state index contributed by atoms with van der Waals surface area (Å²) in [5.41, 5.74) is 0. The Bertz CT molecular complexity index is 196. The summed E-state index contributed by atoms with van der Waals surface area (Å²) in [6.45, 7) is 4.28. The molecule has 0 aromatic carbocycles. The SMILES string of the molecule is C[SiH](C)C1=CC=CC(O)C1O. The minimum Gasteiger partial charge on any atom is -0.386 e. The maximum Gasteiger partial charge on any atom is 0.102 e. The van der Waals surface area contributed by atoms with Gasteiger partial charge in [-0.2, -0.15) is 0 Å². The smallest absolute Gasteiger partial charge is 0.102 e. The predicted octanol–water partition coefficient (Wildman–Crippen LogP) is 0.230. The van der Waals surface area contributed by atoms with Crippen molar-refractivity contribution in [3.05, 3.63) is 23.4 Å². The fourth-order valence-electron chi connectivity index (χ4n) is 1.22. The Morgan fingerprint density at radius 1 is 1.36 bits per heavy atom. The van der Waals surface area contributed by atoms with E-state index in [0.717, 1.165) is 5.20 Å². The zero-order chi connectivity index (χ0) is 8.43. The third-order valence-corrected chi connectivity index (χ3v) is 3.80. The minimum absolute atomic E-state index is 0.647. The van der Waals surface area contributed by atoms with Crippen LogP contribution in [0.4, 0.5) is 0 Å². The fourth-order valence-corrected chi connectivity index (χ4v) is 2.59. The van der Waals surface area contributed by atoms with Crippen LogP contribution in [0.15, 0.2) is 23.4 Å². The summed E-state index contributed by atoms with van der Waals surface area (Å²) >= 11 is 0. The van der Waals surface area contributed by atoms with Crippen LogP contribution in [0.3, 0.4) is 0 Å². The van der Waals surface area contributed by atoms with Crippen molar-refractivity contribution < 1.29 is 10.2 Å². The summed E-state index contributed by atoms with van der Waals surface area (Å²) < 4.78 is 0. The van der Waals surface area contributed by atoms with Crippen molar-refractivity contribution in [3.63, 3.8) is 0 Å². The molecule has 2 nitrogen and oxygen atoms in total. The highest BCUT2D eigenvalue weighted by Gasteiger charge is 2.22. The molecular formula is C8H14O2Si. The molecule has 0 fully saturated rings. The van der Waals surface area contributed by atoms with Gasteiger partial charge in [0, 0.05) is 0 Å². The van der Waals surface area contributed by atoms with E-state index in [1.807, 2.05) is 12.2 Å². The van der Waals surface area contributed by atoms with Crippen LogP contribution in [-0.2, 0) is 0 Å². The standard InChI is InChI=1S/C8H14O2Si/c1-11(2)7-5-3-4-6(9)8(7)10/h3-6,8-11H,1-2H3. The lowest BCUT2D eigenvalue weighted by Crippen LogP contribution is -2.32. The molecule has 1 aliphatic rings. The number of rotatable bonds is 1. The maximum absolute atomic E-state index is 9.47. The summed E-state index contributed by atoms with van der Waals surface area (Å²) in [7, 11) is -0.948. The van der Waals surface area contributed by atoms with Gasteiger partial charge in [-0.05, 0) is 0 Å². The Kier molecular flexibility index (Phi) is 2.65. The first-order valence-corrected chi connectivity index (χ1v) is 6.76. The van der Waals surface area contributed by atoms with Crippen molar-refractivity contribution in [2.24, 2.45) is 0 Å². The largest absolute Gasteiger partial charge is 0.386 e. The van der Waals surface area contributed by atoms with Crippen LogP contribution < -0.4 is 0 Å². The third kappa shape index (κ3) is 1.80. The van der Waals surface area contributed by atoms with Gasteiger partial charge in [-0.25, -0.2) is 0 Å². The zero-order valence-electron chi connectivity index (χ0n) is 6.86. The molecule has 1 aliphatic carbocycles. The zero-order valence-corrected chi connectivity index (χ0v) is 8.01. The summed E-state index contributed by atoms with van der Waals surface area (Å²) in [6.07, 6.45) is 4.02. The van der Waals surface area contributed by atoms with E-state index < -0.39 is 21.0 Å². The number of aliphatic hydroxyl groups excluding tert-OH is 2. The molecule has 0 spiro atoms. The maximum atomic E-state index is 9.47. The lowest BCUT2D eigenvalue weighted by atomic mass is 10.1. The molecule has 2 N–H and O–H groups in total. The average Bonchev–Trinajstić information content (AvgIpc) is 1.94. The van der Waals surface area contributed by atoms with Gasteiger partial charge in [-0.15, -0.1) is 0 Å². The second-order valence-corrected chi connectivity index (χ2v) is 6.12. The van der Waals surface area contributed by atoms with E-state index >= 15 is 0 Å². The summed E-state index contributed by atoms with van der Waals surface area (Å²) in [5, 5.41) is 19.8. The van der Waals surface area contributed by atoms with Gasteiger partial charge in [0.25, 0.3) is 0 Å². The first-order valence-electron chi connectivity index (χ1n) is 3.87. The highest BCUT2D eigenvalue weighted by atomic mass is 28.3. The van der Waals surface area contributed by atoms with Crippen molar-refractivity contribution in [1.82, 2.24) is 0 Å². The molecule has 0 saturated heterocycles. The van der Waals surface area contributed by atoms with Crippen molar-refractivity contribution in [3.8, 4) is 0 Å². The normalized spacial score (nSPS) is 30.8. The summed E-state index contributed by atoms with van der Waals surface area (Å²) in [5.74, 6) is 0. The topological polar surface area (TPSA) is 40.5 Å². The Balaban J connectivity index is 2.78. The Hall–Kier alpha value is -0.383. The van der Waals surface area contributed by atoms with E-state index in [0.29, 0.717) is 0 Å². The van der Waals surface area contributed by atoms with Gasteiger partial charge < -0.3 is 10.2 Å². The van der Waals surface area contributed by atoms with Crippen LogP contribution >= 0.6 is 0 Å². The van der Waals surface area contributed by atoms with Gasteiger partial charge in [0.2, 0.25) is 0 Å². The van der Waals surface area contributed by atoms with Crippen LogP contribution in [0.25, 0.3) is 0 Å². The first-order chi connectivity index (χ1) is 5.13.